The van der Waals surface area contributed by atoms with E-state index in [4.69, 9.17) is 12.2 Å². The molecule has 0 aliphatic rings. The summed E-state index contributed by atoms with van der Waals surface area (Å²) in [6.45, 7) is 0. The van der Waals surface area contributed by atoms with Crippen LogP contribution in [-0.4, -0.2) is 20.6 Å². The second-order valence-electron chi connectivity index (χ2n) is 4.91. The summed E-state index contributed by atoms with van der Waals surface area (Å²) >= 11 is 6.30. The van der Waals surface area contributed by atoms with Gasteiger partial charge in [-0.3, -0.25) is 4.79 Å². The van der Waals surface area contributed by atoms with Gasteiger partial charge < -0.3 is 16.0 Å². The lowest BCUT2D eigenvalue weighted by atomic mass is 10.2. The van der Waals surface area contributed by atoms with Crippen molar-refractivity contribution in [2.45, 2.75) is 0 Å². The van der Waals surface area contributed by atoms with Crippen LogP contribution in [0.4, 0.5) is 21.5 Å². The highest BCUT2D eigenvalue weighted by Crippen LogP contribution is 2.15. The second kappa shape index (κ2) is 7.77. The lowest BCUT2D eigenvalue weighted by Crippen LogP contribution is -2.19. The van der Waals surface area contributed by atoms with Crippen molar-refractivity contribution in [3.05, 3.63) is 65.4 Å². The van der Waals surface area contributed by atoms with Gasteiger partial charge in [-0.05, 0) is 66.2 Å². The first-order valence-electron chi connectivity index (χ1n) is 7.12. The summed E-state index contributed by atoms with van der Waals surface area (Å²) in [6.07, 6.45) is 0. The zero-order chi connectivity index (χ0) is 17.6. The molecule has 2 aromatic carbocycles. The minimum absolute atomic E-state index is 0.271. The molecule has 1 heterocycles. The minimum Gasteiger partial charge on any atom is -0.332 e. The summed E-state index contributed by atoms with van der Waals surface area (Å²) in [4.78, 5) is 11.9. The first-order valence-corrected chi connectivity index (χ1v) is 8.37. The molecule has 0 saturated carbocycles. The molecule has 25 heavy (non-hydrogen) atoms. The second-order valence-corrected chi connectivity index (χ2v) is 5.93. The standard InChI is InChI=1S/C16H12FN5OS2/c17-10-2-1-3-13(8-10)20-16(24)19-12-6-4-11(5-7-12)18-15(23)14-9-25-22-21-14/h1-9H,(H,18,23)(H2,19,20,24). The molecule has 0 bridgehead atoms. The van der Waals surface area contributed by atoms with Crippen molar-refractivity contribution >= 4 is 51.8 Å². The molecule has 1 amide bonds. The van der Waals surface area contributed by atoms with Crippen LogP contribution in [0.5, 0.6) is 0 Å². The SMILES string of the molecule is O=C(Nc1ccc(NC(=S)Nc2cccc(F)c2)cc1)c1csnn1. The Labute approximate surface area is 152 Å². The maximum absolute atomic E-state index is 13.1. The number of carbonyl (C=O) groups is 1. The highest BCUT2D eigenvalue weighted by Gasteiger charge is 2.09. The Kier molecular flexibility index (Phi) is 5.26. The van der Waals surface area contributed by atoms with E-state index in [1.54, 1.807) is 41.8 Å². The molecule has 0 atom stereocenters. The molecule has 126 valence electrons. The van der Waals surface area contributed by atoms with Crippen LogP contribution in [0, 0.1) is 5.82 Å². The van der Waals surface area contributed by atoms with E-state index in [0.29, 0.717) is 16.5 Å². The van der Waals surface area contributed by atoms with Crippen molar-refractivity contribution in [2.24, 2.45) is 0 Å². The third-order valence-electron chi connectivity index (χ3n) is 3.08. The third kappa shape index (κ3) is 4.78. The maximum Gasteiger partial charge on any atom is 0.277 e. The molecule has 0 fully saturated rings. The molecule has 6 nitrogen and oxygen atoms in total. The monoisotopic (exact) mass is 373 g/mol. The van der Waals surface area contributed by atoms with E-state index in [1.165, 1.54) is 12.1 Å². The number of benzene rings is 2. The lowest BCUT2D eigenvalue weighted by molar-refractivity contribution is 0.102. The number of rotatable bonds is 4. The summed E-state index contributed by atoms with van der Waals surface area (Å²) in [5, 5.41) is 14.2. The normalized spacial score (nSPS) is 10.1. The molecule has 3 rings (SSSR count). The molecule has 3 aromatic rings. The van der Waals surface area contributed by atoms with Crippen molar-refractivity contribution in [1.82, 2.24) is 9.59 Å². The summed E-state index contributed by atoms with van der Waals surface area (Å²) in [6, 6.07) is 13.0. The van der Waals surface area contributed by atoms with Crippen LogP contribution in [0.2, 0.25) is 0 Å². The molecule has 0 aliphatic carbocycles. The van der Waals surface area contributed by atoms with Crippen LogP contribution in [0.25, 0.3) is 0 Å². The first kappa shape index (κ1) is 16.9. The highest BCUT2D eigenvalue weighted by molar-refractivity contribution is 7.80. The van der Waals surface area contributed by atoms with Gasteiger partial charge in [0.25, 0.3) is 5.91 Å². The predicted molar refractivity (Wildman–Crippen MR) is 101 cm³/mol. The van der Waals surface area contributed by atoms with Gasteiger partial charge in [0, 0.05) is 22.4 Å². The molecular weight excluding hydrogens is 361 g/mol. The van der Waals surface area contributed by atoms with E-state index in [2.05, 4.69) is 25.5 Å². The molecule has 9 heteroatoms. The number of carbonyl (C=O) groups excluding carboxylic acids is 1. The zero-order valence-electron chi connectivity index (χ0n) is 12.7. The van der Waals surface area contributed by atoms with Crippen molar-refractivity contribution in [2.75, 3.05) is 16.0 Å². The number of hydrogen-bond donors (Lipinski definition) is 3. The number of nitrogens with zero attached hydrogens (tertiary/aromatic N) is 2. The maximum atomic E-state index is 13.1. The highest BCUT2D eigenvalue weighted by atomic mass is 32.1. The first-order chi connectivity index (χ1) is 12.1. The molecule has 0 spiro atoms. The van der Waals surface area contributed by atoms with Crippen molar-refractivity contribution in [3.63, 3.8) is 0 Å². The Morgan fingerprint density at radius 2 is 1.68 bits per heavy atom. The summed E-state index contributed by atoms with van der Waals surface area (Å²) < 4.78 is 16.8. The Bertz CT molecular complexity index is 884. The fourth-order valence-corrected chi connectivity index (χ4v) is 2.63. The zero-order valence-corrected chi connectivity index (χ0v) is 14.3. The minimum atomic E-state index is -0.344. The van der Waals surface area contributed by atoms with E-state index in [9.17, 15) is 9.18 Å². The van der Waals surface area contributed by atoms with Gasteiger partial charge in [-0.15, -0.1) is 5.10 Å². The number of thiocarbonyl (C=S) groups is 1. The predicted octanol–water partition coefficient (Wildman–Crippen LogP) is 3.74. The number of aromatic nitrogens is 2. The number of hydrogen-bond acceptors (Lipinski definition) is 5. The molecule has 0 unspecified atom stereocenters. The van der Waals surface area contributed by atoms with Crippen LogP contribution < -0.4 is 16.0 Å². The van der Waals surface area contributed by atoms with Gasteiger partial charge in [0.2, 0.25) is 0 Å². The molecular formula is C16H12FN5OS2. The van der Waals surface area contributed by atoms with Crippen LogP contribution in [0.15, 0.2) is 53.9 Å². The Morgan fingerprint density at radius 3 is 2.32 bits per heavy atom. The number of anilines is 3. The van der Waals surface area contributed by atoms with E-state index < -0.39 is 0 Å². The van der Waals surface area contributed by atoms with Crippen LogP contribution in [0.3, 0.4) is 0 Å². The van der Waals surface area contributed by atoms with Gasteiger partial charge in [-0.2, -0.15) is 0 Å². The fraction of sp³-hybridized carbons (Fsp3) is 0. The molecule has 0 radical (unpaired) electrons. The van der Waals surface area contributed by atoms with E-state index in [1.807, 2.05) is 0 Å². The average Bonchev–Trinajstić information content (AvgIpc) is 3.11. The molecule has 1 aromatic heterocycles. The van der Waals surface area contributed by atoms with Gasteiger partial charge in [-0.25, -0.2) is 4.39 Å². The number of halogens is 1. The van der Waals surface area contributed by atoms with Crippen molar-refractivity contribution in [3.8, 4) is 0 Å². The van der Waals surface area contributed by atoms with Gasteiger partial charge in [-0.1, -0.05) is 10.6 Å². The van der Waals surface area contributed by atoms with Gasteiger partial charge in [0.1, 0.15) is 5.82 Å². The van der Waals surface area contributed by atoms with Crippen molar-refractivity contribution in [1.29, 1.82) is 0 Å². The summed E-state index contributed by atoms with van der Waals surface area (Å²) in [5.41, 5.74) is 2.17. The third-order valence-corrected chi connectivity index (χ3v) is 3.78. The quantitative estimate of drug-likeness (QED) is 0.605. The topological polar surface area (TPSA) is 78.9 Å². The Hall–Kier alpha value is -2.91. The smallest absolute Gasteiger partial charge is 0.277 e. The van der Waals surface area contributed by atoms with E-state index in [-0.39, 0.29) is 17.4 Å². The van der Waals surface area contributed by atoms with E-state index >= 15 is 0 Å². The fourth-order valence-electron chi connectivity index (χ4n) is 1.96. The largest absolute Gasteiger partial charge is 0.332 e. The Morgan fingerprint density at radius 1 is 1.00 bits per heavy atom. The average molecular weight is 373 g/mol. The molecule has 0 saturated heterocycles. The lowest BCUT2D eigenvalue weighted by Gasteiger charge is -2.11. The molecule has 0 aliphatic heterocycles. The Balaban J connectivity index is 1.57. The van der Waals surface area contributed by atoms with Gasteiger partial charge in [0.15, 0.2) is 10.8 Å². The van der Waals surface area contributed by atoms with Gasteiger partial charge in [0.05, 0.1) is 0 Å². The summed E-state index contributed by atoms with van der Waals surface area (Å²) in [7, 11) is 0. The number of nitrogens with one attached hydrogen (secondary N) is 3. The van der Waals surface area contributed by atoms with Crippen LogP contribution in [-0.2, 0) is 0 Å². The van der Waals surface area contributed by atoms with Crippen LogP contribution >= 0.6 is 23.8 Å². The van der Waals surface area contributed by atoms with Crippen LogP contribution in [0.1, 0.15) is 10.5 Å². The number of amides is 1. The summed E-state index contributed by atoms with van der Waals surface area (Å²) in [5.74, 6) is -0.666. The van der Waals surface area contributed by atoms with Gasteiger partial charge >= 0.3 is 0 Å². The van der Waals surface area contributed by atoms with E-state index in [0.717, 1.165) is 17.2 Å². The van der Waals surface area contributed by atoms with Crippen molar-refractivity contribution < 1.29 is 9.18 Å². The molecule has 3 N–H and O–H groups in total.